The molecule has 21 heavy (non-hydrogen) atoms. The Bertz CT molecular complexity index is 514. The van der Waals surface area contributed by atoms with Gasteiger partial charge in [-0.2, -0.15) is 0 Å². The summed E-state index contributed by atoms with van der Waals surface area (Å²) >= 11 is 1.27. The van der Waals surface area contributed by atoms with Crippen LogP contribution in [0.4, 0.5) is 5.69 Å². The molecule has 1 atom stereocenters. The zero-order valence-electron chi connectivity index (χ0n) is 13.0. The molecule has 0 aliphatic heterocycles. The van der Waals surface area contributed by atoms with Gasteiger partial charge in [-0.25, -0.2) is 0 Å². The lowest BCUT2D eigenvalue weighted by Crippen LogP contribution is -2.30. The summed E-state index contributed by atoms with van der Waals surface area (Å²) in [5.41, 5.74) is 0.225. The van der Waals surface area contributed by atoms with Gasteiger partial charge in [-0.1, -0.05) is 39.8 Å². The van der Waals surface area contributed by atoms with Crippen molar-refractivity contribution in [2.75, 3.05) is 5.32 Å². The summed E-state index contributed by atoms with van der Waals surface area (Å²) in [4.78, 5) is 24.2. The van der Waals surface area contributed by atoms with Gasteiger partial charge in [0.1, 0.15) is 5.25 Å². The van der Waals surface area contributed by atoms with Gasteiger partial charge in [0.25, 0.3) is 0 Å². The Kier molecular flexibility index (Phi) is 6.27. The lowest BCUT2D eigenvalue weighted by atomic mass is 9.89. The van der Waals surface area contributed by atoms with E-state index in [-0.39, 0.29) is 5.91 Å². The zero-order chi connectivity index (χ0) is 16.0. The average Bonchev–Trinajstić information content (AvgIpc) is 2.45. The number of para-hydroxylation sites is 1. The second kappa shape index (κ2) is 7.50. The van der Waals surface area contributed by atoms with E-state index in [2.05, 4.69) is 5.32 Å². The van der Waals surface area contributed by atoms with E-state index in [1.807, 2.05) is 45.9 Å². The van der Waals surface area contributed by atoms with Gasteiger partial charge in [-0.05, 0) is 25.0 Å². The SMILES string of the molecule is CCC(Sc1ccccc1NC(=O)C(C)(C)CC)C(=O)O. The number of nitrogens with one attached hydrogen (secondary N) is 1. The minimum absolute atomic E-state index is 0.0542. The second-order valence-electron chi connectivity index (χ2n) is 5.54. The lowest BCUT2D eigenvalue weighted by Gasteiger charge is -2.22. The molecule has 0 fully saturated rings. The van der Waals surface area contributed by atoms with Crippen LogP contribution in [0.1, 0.15) is 40.5 Å². The maximum Gasteiger partial charge on any atom is 0.316 e. The van der Waals surface area contributed by atoms with Crippen molar-refractivity contribution >= 4 is 29.3 Å². The number of carboxylic acids is 1. The van der Waals surface area contributed by atoms with Crippen LogP contribution < -0.4 is 5.32 Å². The molecule has 1 aromatic carbocycles. The Balaban J connectivity index is 2.94. The Hall–Kier alpha value is -1.49. The largest absolute Gasteiger partial charge is 0.480 e. The Morgan fingerprint density at radius 1 is 1.29 bits per heavy atom. The molecule has 0 radical (unpaired) electrons. The topological polar surface area (TPSA) is 66.4 Å². The number of amides is 1. The molecule has 0 spiro atoms. The van der Waals surface area contributed by atoms with Crippen LogP contribution in [0.3, 0.4) is 0 Å². The van der Waals surface area contributed by atoms with E-state index in [9.17, 15) is 9.59 Å². The number of carboxylic acid groups (broad SMARTS) is 1. The highest BCUT2D eigenvalue weighted by atomic mass is 32.2. The molecule has 0 bridgehead atoms. The number of hydrogen-bond donors (Lipinski definition) is 2. The third-order valence-corrected chi connectivity index (χ3v) is 4.98. The number of anilines is 1. The first kappa shape index (κ1) is 17.6. The molecule has 0 aromatic heterocycles. The summed E-state index contributed by atoms with van der Waals surface area (Å²) in [5, 5.41) is 11.6. The van der Waals surface area contributed by atoms with Gasteiger partial charge in [0.2, 0.25) is 5.91 Å². The molecule has 1 amide bonds. The molecule has 5 heteroatoms. The van der Waals surface area contributed by atoms with Gasteiger partial charge in [-0.3, -0.25) is 9.59 Å². The van der Waals surface area contributed by atoms with Crippen molar-refractivity contribution in [3.05, 3.63) is 24.3 Å². The molecule has 4 nitrogen and oxygen atoms in total. The van der Waals surface area contributed by atoms with Crippen LogP contribution in [0.25, 0.3) is 0 Å². The van der Waals surface area contributed by atoms with Crippen molar-refractivity contribution < 1.29 is 14.7 Å². The number of aliphatic carboxylic acids is 1. The first-order valence-electron chi connectivity index (χ1n) is 7.11. The number of carbonyl (C=O) groups is 2. The summed E-state index contributed by atoms with van der Waals surface area (Å²) in [6.45, 7) is 7.60. The molecule has 0 saturated heterocycles. The van der Waals surface area contributed by atoms with Gasteiger partial charge in [-0.15, -0.1) is 11.8 Å². The number of rotatable bonds is 7. The number of benzene rings is 1. The smallest absolute Gasteiger partial charge is 0.316 e. The third kappa shape index (κ3) is 4.77. The average molecular weight is 309 g/mol. The van der Waals surface area contributed by atoms with Gasteiger partial charge in [0.15, 0.2) is 0 Å². The minimum Gasteiger partial charge on any atom is -0.480 e. The molecule has 0 aliphatic carbocycles. The second-order valence-corrected chi connectivity index (χ2v) is 6.79. The summed E-state index contributed by atoms with van der Waals surface area (Å²) in [6, 6.07) is 7.32. The summed E-state index contributed by atoms with van der Waals surface area (Å²) in [5.74, 6) is -0.890. The molecule has 0 saturated carbocycles. The van der Waals surface area contributed by atoms with E-state index in [1.165, 1.54) is 11.8 Å². The van der Waals surface area contributed by atoms with Crippen molar-refractivity contribution in [2.24, 2.45) is 5.41 Å². The fourth-order valence-electron chi connectivity index (χ4n) is 1.59. The van der Waals surface area contributed by atoms with Crippen LogP contribution in [-0.4, -0.2) is 22.2 Å². The quantitative estimate of drug-likeness (QED) is 0.747. The molecule has 0 heterocycles. The summed E-state index contributed by atoms with van der Waals surface area (Å²) < 4.78 is 0. The predicted octanol–water partition coefficient (Wildman–Crippen LogP) is 4.02. The third-order valence-electron chi connectivity index (χ3n) is 3.55. The van der Waals surface area contributed by atoms with Crippen molar-refractivity contribution in [1.29, 1.82) is 0 Å². The normalized spacial score (nSPS) is 12.8. The molecule has 1 unspecified atom stereocenters. The molecule has 0 aliphatic rings. The van der Waals surface area contributed by atoms with Gasteiger partial charge in [0.05, 0.1) is 5.69 Å². The Morgan fingerprint density at radius 3 is 2.43 bits per heavy atom. The Labute approximate surface area is 130 Å². The van der Waals surface area contributed by atoms with Gasteiger partial charge in [0, 0.05) is 10.3 Å². The van der Waals surface area contributed by atoms with E-state index < -0.39 is 16.6 Å². The van der Waals surface area contributed by atoms with Crippen LogP contribution in [0, 0.1) is 5.41 Å². The Morgan fingerprint density at radius 2 is 1.90 bits per heavy atom. The molecule has 116 valence electrons. The van der Waals surface area contributed by atoms with Crippen molar-refractivity contribution in [3.63, 3.8) is 0 Å². The standard InChI is InChI=1S/C16H23NO3S/c1-5-12(14(18)19)21-13-10-8-7-9-11(13)17-15(20)16(3,4)6-2/h7-10,12H,5-6H2,1-4H3,(H,17,20)(H,18,19). The number of carbonyl (C=O) groups excluding carboxylic acids is 1. The van der Waals surface area contributed by atoms with Crippen molar-refractivity contribution in [1.82, 2.24) is 0 Å². The maximum absolute atomic E-state index is 12.3. The monoisotopic (exact) mass is 309 g/mol. The molecule has 2 N–H and O–H groups in total. The van der Waals surface area contributed by atoms with Gasteiger partial charge < -0.3 is 10.4 Å². The van der Waals surface area contributed by atoms with Crippen LogP contribution in [0.2, 0.25) is 0 Å². The van der Waals surface area contributed by atoms with E-state index >= 15 is 0 Å². The first-order valence-corrected chi connectivity index (χ1v) is 7.99. The highest BCUT2D eigenvalue weighted by Crippen LogP contribution is 2.33. The molecular weight excluding hydrogens is 286 g/mol. The highest BCUT2D eigenvalue weighted by molar-refractivity contribution is 8.00. The van der Waals surface area contributed by atoms with Crippen LogP contribution in [-0.2, 0) is 9.59 Å². The fourth-order valence-corrected chi connectivity index (χ4v) is 2.56. The summed E-state index contributed by atoms with van der Waals surface area (Å²) in [6.07, 6.45) is 1.27. The first-order chi connectivity index (χ1) is 9.81. The number of hydrogen-bond acceptors (Lipinski definition) is 3. The minimum atomic E-state index is -0.836. The van der Waals surface area contributed by atoms with Gasteiger partial charge >= 0.3 is 5.97 Å². The van der Waals surface area contributed by atoms with Crippen LogP contribution in [0.5, 0.6) is 0 Å². The van der Waals surface area contributed by atoms with Crippen molar-refractivity contribution in [3.8, 4) is 0 Å². The lowest BCUT2D eigenvalue weighted by molar-refractivity contribution is -0.136. The van der Waals surface area contributed by atoms with Crippen LogP contribution >= 0.6 is 11.8 Å². The van der Waals surface area contributed by atoms with E-state index in [1.54, 1.807) is 6.07 Å². The summed E-state index contributed by atoms with van der Waals surface area (Å²) in [7, 11) is 0. The van der Waals surface area contributed by atoms with E-state index in [4.69, 9.17) is 5.11 Å². The van der Waals surface area contributed by atoms with Crippen LogP contribution in [0.15, 0.2) is 29.2 Å². The number of thioether (sulfide) groups is 1. The zero-order valence-corrected chi connectivity index (χ0v) is 13.8. The molecule has 1 aromatic rings. The maximum atomic E-state index is 12.3. The molecule has 1 rings (SSSR count). The molecular formula is C16H23NO3S. The van der Waals surface area contributed by atoms with E-state index in [0.717, 1.165) is 11.3 Å². The fraction of sp³-hybridized carbons (Fsp3) is 0.500. The van der Waals surface area contributed by atoms with Crippen molar-refractivity contribution in [2.45, 2.75) is 50.7 Å². The predicted molar refractivity (Wildman–Crippen MR) is 86.7 cm³/mol. The highest BCUT2D eigenvalue weighted by Gasteiger charge is 2.26. The van der Waals surface area contributed by atoms with E-state index in [0.29, 0.717) is 12.1 Å².